The molecular formula is C25H29F3O8. The quantitative estimate of drug-likeness (QED) is 0.327. The van der Waals surface area contributed by atoms with E-state index < -0.39 is 54.0 Å². The van der Waals surface area contributed by atoms with Crippen molar-refractivity contribution in [2.24, 2.45) is 0 Å². The van der Waals surface area contributed by atoms with Crippen LogP contribution in [0.2, 0.25) is 0 Å². The number of alkyl halides is 3. The van der Waals surface area contributed by atoms with Gasteiger partial charge in [-0.25, -0.2) is 4.79 Å². The minimum absolute atomic E-state index is 0.00678. The number of carbonyl (C=O) groups excluding carboxylic acids is 2. The van der Waals surface area contributed by atoms with Gasteiger partial charge in [0.05, 0.1) is 18.8 Å². The second-order valence-corrected chi connectivity index (χ2v) is 8.75. The Labute approximate surface area is 206 Å². The molecule has 2 heterocycles. The molecule has 0 radical (unpaired) electrons. The monoisotopic (exact) mass is 514 g/mol. The Kier molecular flexibility index (Phi) is 8.48. The van der Waals surface area contributed by atoms with Crippen LogP contribution in [0.3, 0.4) is 0 Å². The van der Waals surface area contributed by atoms with Gasteiger partial charge in [-0.3, -0.25) is 4.79 Å². The third kappa shape index (κ3) is 6.45. The summed E-state index contributed by atoms with van der Waals surface area (Å²) in [4.78, 5) is 26.0. The Morgan fingerprint density at radius 2 is 1.86 bits per heavy atom. The molecule has 3 rings (SSSR count). The number of esters is 1. The molecule has 0 aliphatic carbocycles. The first-order valence-corrected chi connectivity index (χ1v) is 11.2. The van der Waals surface area contributed by atoms with Crippen molar-refractivity contribution in [1.82, 2.24) is 0 Å². The number of carbonyl (C=O) groups is 2. The summed E-state index contributed by atoms with van der Waals surface area (Å²) in [7, 11) is 2.79. The molecule has 1 fully saturated rings. The van der Waals surface area contributed by atoms with Gasteiger partial charge in [-0.05, 0) is 38.8 Å². The van der Waals surface area contributed by atoms with Crippen LogP contribution in [0.15, 0.2) is 29.9 Å². The van der Waals surface area contributed by atoms with Gasteiger partial charge in [-0.2, -0.15) is 13.2 Å². The van der Waals surface area contributed by atoms with Gasteiger partial charge in [0.15, 0.2) is 18.4 Å². The van der Waals surface area contributed by atoms with Crippen LogP contribution in [-0.2, 0) is 23.7 Å². The SMILES string of the molecule is COCOc1cc(OC)cc2c1C(=O)OC(C)C(C(F)(F)F)=CCC(=O)C1OC(C)(C)O[C@H]1CC=C2. The van der Waals surface area contributed by atoms with Gasteiger partial charge in [-0.15, -0.1) is 0 Å². The first-order valence-electron chi connectivity index (χ1n) is 11.2. The van der Waals surface area contributed by atoms with Crippen LogP contribution < -0.4 is 9.47 Å². The second-order valence-electron chi connectivity index (χ2n) is 8.75. The van der Waals surface area contributed by atoms with Crippen LogP contribution >= 0.6 is 0 Å². The maximum atomic E-state index is 13.9. The fourth-order valence-corrected chi connectivity index (χ4v) is 4.05. The van der Waals surface area contributed by atoms with Crippen LogP contribution in [0.5, 0.6) is 11.5 Å². The summed E-state index contributed by atoms with van der Waals surface area (Å²) >= 11 is 0. The summed E-state index contributed by atoms with van der Waals surface area (Å²) in [6, 6.07) is 2.93. The minimum atomic E-state index is -4.85. The molecular weight excluding hydrogens is 485 g/mol. The lowest BCUT2D eigenvalue weighted by atomic mass is 9.99. The van der Waals surface area contributed by atoms with E-state index in [1.165, 1.54) is 26.4 Å². The Morgan fingerprint density at radius 1 is 1.14 bits per heavy atom. The standard InChI is InChI=1S/C25H29F3O8/c1-14-17(25(26,27)28)9-10-18(29)22-19(35-24(2,3)36-22)8-6-7-15-11-16(32-5)12-20(33-13-31-4)21(15)23(30)34-14/h6-7,9,11-12,14,19,22H,8,10,13H2,1-5H3/t14?,19-,22?/m0/s1. The lowest BCUT2D eigenvalue weighted by Gasteiger charge is -2.22. The van der Waals surface area contributed by atoms with Gasteiger partial charge in [0.1, 0.15) is 29.3 Å². The van der Waals surface area contributed by atoms with Crippen LogP contribution in [-0.4, -0.2) is 63.0 Å². The molecule has 2 aliphatic rings. The number of ether oxygens (including phenoxy) is 6. The largest absolute Gasteiger partial charge is 0.497 e. The van der Waals surface area contributed by atoms with Gasteiger partial charge in [0, 0.05) is 19.6 Å². The Morgan fingerprint density at radius 3 is 2.50 bits per heavy atom. The number of benzene rings is 1. The average molecular weight is 514 g/mol. The van der Waals surface area contributed by atoms with Crippen molar-refractivity contribution in [3.05, 3.63) is 41.0 Å². The Balaban J connectivity index is 2.14. The van der Waals surface area contributed by atoms with Crippen molar-refractivity contribution < 1.29 is 51.2 Å². The van der Waals surface area contributed by atoms with Crippen molar-refractivity contribution >= 4 is 17.8 Å². The molecule has 11 heteroatoms. The zero-order chi connectivity index (χ0) is 26.7. The molecule has 198 valence electrons. The zero-order valence-electron chi connectivity index (χ0n) is 20.6. The molecule has 0 spiro atoms. The molecule has 2 aliphatic heterocycles. The van der Waals surface area contributed by atoms with Gasteiger partial charge in [-0.1, -0.05) is 18.2 Å². The lowest BCUT2D eigenvalue weighted by Crippen LogP contribution is -2.32. The number of methoxy groups -OCH3 is 2. The van der Waals surface area contributed by atoms with E-state index in [2.05, 4.69) is 0 Å². The summed E-state index contributed by atoms with van der Waals surface area (Å²) in [5.41, 5.74) is -1.000. The van der Waals surface area contributed by atoms with Crippen LogP contribution in [0.25, 0.3) is 6.08 Å². The summed E-state index contributed by atoms with van der Waals surface area (Å²) in [6.45, 7) is 4.10. The van der Waals surface area contributed by atoms with E-state index in [4.69, 9.17) is 28.4 Å². The second kappa shape index (κ2) is 11.0. The van der Waals surface area contributed by atoms with Crippen LogP contribution in [0, 0.1) is 0 Å². The van der Waals surface area contributed by atoms with E-state index in [0.717, 1.165) is 13.0 Å². The Bertz CT molecular complexity index is 1040. The smallest absolute Gasteiger partial charge is 0.415 e. The number of cyclic esters (lactones) is 1. The highest BCUT2D eigenvalue weighted by Gasteiger charge is 2.45. The highest BCUT2D eigenvalue weighted by Crippen LogP contribution is 2.36. The van der Waals surface area contributed by atoms with Crippen LogP contribution in [0.1, 0.15) is 49.5 Å². The number of Topliss-reactive ketones (excluding diaryl/α,β-unsaturated/α-hetero) is 1. The molecule has 0 N–H and O–H groups in total. The first kappa shape index (κ1) is 27.7. The zero-order valence-corrected chi connectivity index (χ0v) is 20.6. The number of hydrogen-bond donors (Lipinski definition) is 0. The Hall–Kier alpha value is -2.89. The predicted molar refractivity (Wildman–Crippen MR) is 122 cm³/mol. The number of fused-ring (bicyclic) bond motifs is 2. The summed E-state index contributed by atoms with van der Waals surface area (Å²) in [5.74, 6) is -2.38. The third-order valence-corrected chi connectivity index (χ3v) is 5.62. The minimum Gasteiger partial charge on any atom is -0.497 e. The molecule has 8 nitrogen and oxygen atoms in total. The van der Waals surface area contributed by atoms with Gasteiger partial charge < -0.3 is 28.4 Å². The summed E-state index contributed by atoms with van der Waals surface area (Å²) < 4.78 is 74.0. The number of rotatable bonds is 4. The molecule has 1 aromatic rings. The van der Waals surface area contributed by atoms with Gasteiger partial charge in [0.2, 0.25) is 0 Å². The molecule has 0 bridgehead atoms. The topological polar surface area (TPSA) is 89.5 Å². The van der Waals surface area contributed by atoms with Crippen molar-refractivity contribution in [2.75, 3.05) is 21.0 Å². The highest BCUT2D eigenvalue weighted by molar-refractivity contribution is 5.97. The molecule has 0 amide bonds. The summed E-state index contributed by atoms with van der Waals surface area (Å²) in [5, 5.41) is 0. The molecule has 3 atom stereocenters. The highest BCUT2D eigenvalue weighted by atomic mass is 19.4. The lowest BCUT2D eigenvalue weighted by molar-refractivity contribution is -0.154. The van der Waals surface area contributed by atoms with Crippen molar-refractivity contribution in [3.8, 4) is 11.5 Å². The molecule has 0 aromatic heterocycles. The number of ketones is 1. The average Bonchev–Trinajstić information content (AvgIpc) is 3.10. The molecule has 1 aromatic carbocycles. The van der Waals surface area contributed by atoms with Crippen LogP contribution in [0.4, 0.5) is 13.2 Å². The maximum Gasteiger partial charge on any atom is 0.415 e. The number of halogens is 3. The molecule has 2 unspecified atom stereocenters. The number of hydrogen-bond acceptors (Lipinski definition) is 8. The third-order valence-electron chi connectivity index (χ3n) is 5.62. The summed E-state index contributed by atoms with van der Waals surface area (Å²) in [6.07, 6.45) is -4.79. The van der Waals surface area contributed by atoms with E-state index in [0.29, 0.717) is 5.75 Å². The van der Waals surface area contributed by atoms with E-state index in [1.807, 2.05) is 0 Å². The van der Waals surface area contributed by atoms with Gasteiger partial charge >= 0.3 is 12.1 Å². The first-order chi connectivity index (χ1) is 16.9. The fraction of sp³-hybridized carbons (Fsp3) is 0.520. The van der Waals surface area contributed by atoms with E-state index in [-0.39, 0.29) is 30.1 Å². The van der Waals surface area contributed by atoms with E-state index in [1.54, 1.807) is 26.0 Å². The normalized spacial score (nSPS) is 24.8. The van der Waals surface area contributed by atoms with E-state index >= 15 is 0 Å². The fourth-order valence-electron chi connectivity index (χ4n) is 4.05. The predicted octanol–water partition coefficient (Wildman–Crippen LogP) is 4.61. The van der Waals surface area contributed by atoms with Crippen molar-refractivity contribution in [2.45, 2.75) is 63.9 Å². The van der Waals surface area contributed by atoms with E-state index in [9.17, 15) is 22.8 Å². The maximum absolute atomic E-state index is 13.9. The molecule has 0 saturated carbocycles. The van der Waals surface area contributed by atoms with Crippen molar-refractivity contribution in [1.29, 1.82) is 0 Å². The molecule has 36 heavy (non-hydrogen) atoms. The van der Waals surface area contributed by atoms with Crippen molar-refractivity contribution in [3.63, 3.8) is 0 Å². The van der Waals surface area contributed by atoms with Gasteiger partial charge in [0.25, 0.3) is 0 Å². The molecule has 1 saturated heterocycles. The number of allylic oxidation sites excluding steroid dienone is 1.